The number of likely N-dealkylation sites (tertiary alicyclic amines) is 1. The normalized spacial score (nSPS) is 16.5. The SMILES string of the molecule is CCc1cc(C(=O)N2CCC(C(=O)OC)(c3ccccc3)CC2)n[nH]1. The molecule has 1 aliphatic rings. The van der Waals surface area contributed by atoms with E-state index in [0.717, 1.165) is 17.7 Å². The highest BCUT2D eigenvalue weighted by molar-refractivity contribution is 5.93. The Kier molecular flexibility index (Phi) is 4.88. The Morgan fingerprint density at radius 3 is 2.48 bits per heavy atom. The van der Waals surface area contributed by atoms with Crippen LogP contribution in [-0.2, 0) is 21.4 Å². The number of nitrogens with zero attached hydrogens (tertiary/aromatic N) is 2. The molecule has 1 fully saturated rings. The Balaban J connectivity index is 1.78. The van der Waals surface area contributed by atoms with E-state index in [0.29, 0.717) is 31.6 Å². The number of H-pyrrole nitrogens is 1. The summed E-state index contributed by atoms with van der Waals surface area (Å²) in [6.07, 6.45) is 1.89. The molecule has 0 aliphatic carbocycles. The molecule has 3 rings (SSSR count). The number of hydrogen-bond acceptors (Lipinski definition) is 4. The molecule has 1 aromatic carbocycles. The molecule has 0 spiro atoms. The van der Waals surface area contributed by atoms with Gasteiger partial charge in [-0.15, -0.1) is 0 Å². The molecular formula is C19H23N3O3. The number of aryl methyl sites for hydroxylation is 1. The Hall–Kier alpha value is -2.63. The fraction of sp³-hybridized carbons (Fsp3) is 0.421. The summed E-state index contributed by atoms with van der Waals surface area (Å²) >= 11 is 0. The van der Waals surface area contributed by atoms with E-state index in [1.54, 1.807) is 11.0 Å². The highest BCUT2D eigenvalue weighted by atomic mass is 16.5. The molecule has 1 aromatic heterocycles. The third-order valence-electron chi connectivity index (χ3n) is 5.04. The number of carbonyl (C=O) groups is 2. The van der Waals surface area contributed by atoms with E-state index < -0.39 is 5.41 Å². The van der Waals surface area contributed by atoms with Crippen molar-refractivity contribution in [2.24, 2.45) is 0 Å². The average molecular weight is 341 g/mol. The van der Waals surface area contributed by atoms with Crippen molar-refractivity contribution in [2.75, 3.05) is 20.2 Å². The van der Waals surface area contributed by atoms with Crippen molar-refractivity contribution in [3.05, 3.63) is 53.3 Å². The number of methoxy groups -OCH3 is 1. The zero-order chi connectivity index (χ0) is 17.9. The molecule has 0 bridgehead atoms. The van der Waals surface area contributed by atoms with Crippen molar-refractivity contribution in [2.45, 2.75) is 31.6 Å². The van der Waals surface area contributed by atoms with Gasteiger partial charge < -0.3 is 9.64 Å². The second-order valence-electron chi connectivity index (χ2n) is 6.36. The van der Waals surface area contributed by atoms with Gasteiger partial charge in [0.25, 0.3) is 5.91 Å². The molecule has 2 heterocycles. The number of ether oxygens (including phenoxy) is 1. The van der Waals surface area contributed by atoms with E-state index in [9.17, 15) is 9.59 Å². The summed E-state index contributed by atoms with van der Waals surface area (Å²) in [7, 11) is 1.42. The van der Waals surface area contributed by atoms with Crippen LogP contribution in [0, 0.1) is 0 Å². The lowest BCUT2D eigenvalue weighted by atomic mass is 9.72. The molecule has 1 N–H and O–H groups in total. The summed E-state index contributed by atoms with van der Waals surface area (Å²) in [6, 6.07) is 11.5. The van der Waals surface area contributed by atoms with Crippen LogP contribution in [-0.4, -0.2) is 47.2 Å². The molecule has 0 radical (unpaired) electrons. The molecule has 1 aliphatic heterocycles. The van der Waals surface area contributed by atoms with Gasteiger partial charge in [0, 0.05) is 18.8 Å². The van der Waals surface area contributed by atoms with Crippen LogP contribution in [0.15, 0.2) is 36.4 Å². The summed E-state index contributed by atoms with van der Waals surface area (Å²) in [5.74, 6) is -0.332. The van der Waals surface area contributed by atoms with Crippen LogP contribution >= 0.6 is 0 Å². The highest BCUT2D eigenvalue weighted by Gasteiger charge is 2.44. The number of nitrogens with one attached hydrogen (secondary N) is 1. The van der Waals surface area contributed by atoms with Crippen LogP contribution < -0.4 is 0 Å². The summed E-state index contributed by atoms with van der Waals surface area (Å²) in [6.45, 7) is 3.00. The Morgan fingerprint density at radius 1 is 1.24 bits per heavy atom. The Labute approximate surface area is 147 Å². The van der Waals surface area contributed by atoms with Crippen molar-refractivity contribution >= 4 is 11.9 Å². The van der Waals surface area contributed by atoms with Crippen LogP contribution in [0.1, 0.15) is 41.5 Å². The zero-order valence-corrected chi connectivity index (χ0v) is 14.6. The largest absolute Gasteiger partial charge is 0.468 e. The van der Waals surface area contributed by atoms with E-state index in [1.165, 1.54) is 7.11 Å². The second kappa shape index (κ2) is 7.09. The van der Waals surface area contributed by atoms with Gasteiger partial charge in [0.05, 0.1) is 12.5 Å². The maximum absolute atomic E-state index is 12.6. The van der Waals surface area contributed by atoms with E-state index in [4.69, 9.17) is 4.74 Å². The topological polar surface area (TPSA) is 75.3 Å². The molecule has 1 saturated heterocycles. The van der Waals surface area contributed by atoms with Crippen LogP contribution in [0.3, 0.4) is 0 Å². The molecule has 0 unspecified atom stereocenters. The minimum atomic E-state index is -0.688. The number of aromatic amines is 1. The Morgan fingerprint density at radius 2 is 1.92 bits per heavy atom. The minimum Gasteiger partial charge on any atom is -0.468 e. The van der Waals surface area contributed by atoms with Crippen molar-refractivity contribution in [1.29, 1.82) is 0 Å². The van der Waals surface area contributed by atoms with E-state index in [2.05, 4.69) is 10.2 Å². The van der Waals surface area contributed by atoms with Crippen molar-refractivity contribution in [3.63, 3.8) is 0 Å². The number of carbonyl (C=O) groups excluding carboxylic acids is 2. The lowest BCUT2D eigenvalue weighted by molar-refractivity contribution is -0.149. The summed E-state index contributed by atoms with van der Waals surface area (Å²) < 4.78 is 5.09. The summed E-state index contributed by atoms with van der Waals surface area (Å²) in [5.41, 5.74) is 1.63. The number of hydrogen-bond donors (Lipinski definition) is 1. The van der Waals surface area contributed by atoms with E-state index in [1.807, 2.05) is 37.3 Å². The molecule has 6 nitrogen and oxygen atoms in total. The summed E-state index contributed by atoms with van der Waals surface area (Å²) in [5, 5.41) is 6.97. The predicted octanol–water partition coefficient (Wildman–Crippen LogP) is 2.32. The van der Waals surface area contributed by atoms with E-state index in [-0.39, 0.29) is 11.9 Å². The number of aromatic nitrogens is 2. The highest BCUT2D eigenvalue weighted by Crippen LogP contribution is 2.37. The first kappa shape index (κ1) is 17.2. The van der Waals surface area contributed by atoms with Gasteiger partial charge in [-0.1, -0.05) is 37.3 Å². The maximum atomic E-state index is 12.6. The molecular weight excluding hydrogens is 318 g/mol. The first-order valence-electron chi connectivity index (χ1n) is 8.58. The smallest absolute Gasteiger partial charge is 0.316 e. The molecule has 132 valence electrons. The van der Waals surface area contributed by atoms with Gasteiger partial charge in [0.15, 0.2) is 0 Å². The summed E-state index contributed by atoms with van der Waals surface area (Å²) in [4.78, 5) is 26.9. The molecule has 6 heteroatoms. The number of piperidine rings is 1. The quantitative estimate of drug-likeness (QED) is 0.866. The van der Waals surface area contributed by atoms with E-state index >= 15 is 0 Å². The minimum absolute atomic E-state index is 0.0949. The fourth-order valence-corrected chi connectivity index (χ4v) is 3.47. The maximum Gasteiger partial charge on any atom is 0.316 e. The van der Waals surface area contributed by atoms with Gasteiger partial charge in [-0.25, -0.2) is 0 Å². The number of benzene rings is 1. The van der Waals surface area contributed by atoms with Gasteiger partial charge in [-0.05, 0) is 30.9 Å². The molecule has 25 heavy (non-hydrogen) atoms. The predicted molar refractivity (Wildman–Crippen MR) is 93.2 cm³/mol. The van der Waals surface area contributed by atoms with Crippen LogP contribution in [0.25, 0.3) is 0 Å². The lowest BCUT2D eigenvalue weighted by Gasteiger charge is -2.39. The standard InChI is InChI=1S/C19H23N3O3/c1-3-15-13-16(21-20-15)17(23)22-11-9-19(10-12-22,18(24)25-2)14-7-5-4-6-8-14/h4-8,13H,3,9-12H2,1-2H3,(H,20,21). The second-order valence-corrected chi connectivity index (χ2v) is 6.36. The van der Waals surface area contributed by atoms with Crippen molar-refractivity contribution in [3.8, 4) is 0 Å². The van der Waals surface area contributed by atoms with Crippen LogP contribution in [0.2, 0.25) is 0 Å². The third kappa shape index (κ3) is 3.16. The zero-order valence-electron chi connectivity index (χ0n) is 14.6. The Bertz CT molecular complexity index is 746. The van der Waals surface area contributed by atoms with Crippen molar-refractivity contribution in [1.82, 2.24) is 15.1 Å². The number of rotatable bonds is 4. The third-order valence-corrected chi connectivity index (χ3v) is 5.04. The van der Waals surface area contributed by atoms with Crippen molar-refractivity contribution < 1.29 is 14.3 Å². The average Bonchev–Trinajstić information content (AvgIpc) is 3.17. The number of amides is 1. The molecule has 0 saturated carbocycles. The molecule has 1 amide bonds. The monoisotopic (exact) mass is 341 g/mol. The fourth-order valence-electron chi connectivity index (χ4n) is 3.47. The first-order valence-corrected chi connectivity index (χ1v) is 8.58. The van der Waals surface area contributed by atoms with Gasteiger partial charge in [-0.3, -0.25) is 14.7 Å². The van der Waals surface area contributed by atoms with Crippen LogP contribution in [0.5, 0.6) is 0 Å². The molecule has 2 aromatic rings. The first-order chi connectivity index (χ1) is 12.1. The van der Waals surface area contributed by atoms with Gasteiger partial charge in [0.1, 0.15) is 5.69 Å². The van der Waals surface area contributed by atoms with Gasteiger partial charge in [0.2, 0.25) is 0 Å². The van der Waals surface area contributed by atoms with Gasteiger partial charge in [-0.2, -0.15) is 5.10 Å². The molecule has 0 atom stereocenters. The lowest BCUT2D eigenvalue weighted by Crippen LogP contribution is -2.49. The number of esters is 1. The van der Waals surface area contributed by atoms with Gasteiger partial charge >= 0.3 is 5.97 Å². The van der Waals surface area contributed by atoms with Crippen LogP contribution in [0.4, 0.5) is 0 Å².